The molecule has 0 spiro atoms. The van der Waals surface area contributed by atoms with Gasteiger partial charge in [-0.3, -0.25) is 41.5 Å². The first-order valence-corrected chi connectivity index (χ1v) is 17.3. The van der Waals surface area contributed by atoms with Crippen molar-refractivity contribution < 1.29 is 56.3 Å². The molecule has 7 heterocycles. The minimum atomic E-state index is -5.04. The van der Waals surface area contributed by atoms with Crippen molar-refractivity contribution in [2.24, 2.45) is 0 Å². The van der Waals surface area contributed by atoms with Gasteiger partial charge < -0.3 is 36.0 Å². The van der Waals surface area contributed by atoms with Gasteiger partial charge in [-0.2, -0.15) is 4.98 Å². The van der Waals surface area contributed by atoms with E-state index in [9.17, 15) is 29.0 Å². The van der Waals surface area contributed by atoms with Crippen LogP contribution in [-0.2, 0) is 41.2 Å². The van der Waals surface area contributed by atoms with Crippen molar-refractivity contribution in [2.75, 3.05) is 24.7 Å². The van der Waals surface area contributed by atoms with Gasteiger partial charge >= 0.3 is 15.6 Å². The number of phosphoric ester groups is 2. The summed E-state index contributed by atoms with van der Waals surface area (Å²) in [5, 5.41) is 22.7. The molecule has 8 N–H and O–H groups in total. The number of aliphatic hydroxyl groups is 2. The van der Waals surface area contributed by atoms with Gasteiger partial charge in [-0.15, -0.1) is 0 Å². The molecule has 3 aliphatic heterocycles. The van der Waals surface area contributed by atoms with Crippen LogP contribution >= 0.6 is 15.6 Å². The number of nitrogens with zero attached hydrogens (tertiary/aromatic N) is 7. The van der Waals surface area contributed by atoms with Gasteiger partial charge in [0.15, 0.2) is 35.1 Å². The Labute approximate surface area is 268 Å². The van der Waals surface area contributed by atoms with E-state index in [2.05, 4.69) is 29.9 Å². The van der Waals surface area contributed by atoms with Crippen LogP contribution in [0.5, 0.6) is 0 Å². The van der Waals surface area contributed by atoms with Gasteiger partial charge in [-0.05, 0) is 13.8 Å². The van der Waals surface area contributed by atoms with Crippen LogP contribution in [0.2, 0.25) is 0 Å². The molecule has 0 bridgehead atoms. The summed E-state index contributed by atoms with van der Waals surface area (Å²) >= 11 is 0. The normalized spacial score (nSPS) is 36.2. The number of ether oxygens (including phenoxy) is 2. The molecule has 0 saturated carbocycles. The van der Waals surface area contributed by atoms with E-state index in [1.165, 1.54) is 21.8 Å². The maximum Gasteiger partial charge on any atom is 0.475 e. The standard InChI is InChI=1S/C23H30N10O13P2/c1-8(2)44-48(39)41-4-10-15(13(34)21(43-10)32-6-28-11-17(24)26-5-27-18(11)32)45-47(37,38)40-3-9-16(46-48)14(35)22(42-9)33-7-29-12-19(33)30-23(25)31-20(12)36/h5-10,13-16,21-22,34-35H,3-4H2,1-2H3,(H,37,38)(H2,24,26,27)(H3,25,30,31,36)/t9-,10-,13-,14-,15-,16-,21-,22-,48?/m1/s1. The van der Waals surface area contributed by atoms with Crippen LogP contribution in [-0.4, -0.2) is 110 Å². The summed E-state index contributed by atoms with van der Waals surface area (Å²) in [7, 11) is -9.68. The molecule has 0 aliphatic carbocycles. The number of H-pyrrole nitrogens is 1. The van der Waals surface area contributed by atoms with E-state index in [4.69, 9.17) is 43.6 Å². The number of imidazole rings is 2. The molecule has 260 valence electrons. The molecule has 2 unspecified atom stereocenters. The van der Waals surface area contributed by atoms with E-state index in [1.807, 2.05) is 0 Å². The van der Waals surface area contributed by atoms with Crippen LogP contribution in [0.4, 0.5) is 11.8 Å². The highest BCUT2D eigenvalue weighted by Crippen LogP contribution is 2.56. The monoisotopic (exact) mass is 716 g/mol. The average Bonchev–Trinajstić information content (AvgIpc) is 3.76. The molecule has 10 atom stereocenters. The number of nitrogen functional groups attached to an aromatic ring is 2. The van der Waals surface area contributed by atoms with Gasteiger partial charge in [-0.25, -0.2) is 29.1 Å². The summed E-state index contributed by atoms with van der Waals surface area (Å²) in [6.45, 7) is 1.64. The molecule has 0 radical (unpaired) electrons. The van der Waals surface area contributed by atoms with Gasteiger partial charge in [0, 0.05) is 0 Å². The maximum atomic E-state index is 14.1. The quantitative estimate of drug-likeness (QED) is 0.139. The summed E-state index contributed by atoms with van der Waals surface area (Å²) < 4.78 is 69.4. The summed E-state index contributed by atoms with van der Waals surface area (Å²) in [5.74, 6) is -0.188. The van der Waals surface area contributed by atoms with Crippen LogP contribution in [0.25, 0.3) is 22.3 Å². The fourth-order valence-electron chi connectivity index (χ4n) is 5.62. The zero-order chi connectivity index (χ0) is 34.1. The number of aliphatic hydroxyl groups excluding tert-OH is 2. The Hall–Kier alpha value is -3.44. The summed E-state index contributed by atoms with van der Waals surface area (Å²) in [4.78, 5) is 45.6. The molecule has 3 fully saturated rings. The number of nitrogens with two attached hydrogens (primary N) is 2. The van der Waals surface area contributed by atoms with E-state index in [1.54, 1.807) is 13.8 Å². The average molecular weight is 716 g/mol. The van der Waals surface area contributed by atoms with Gasteiger partial charge in [0.05, 0.1) is 32.0 Å². The molecule has 48 heavy (non-hydrogen) atoms. The Kier molecular flexibility index (Phi) is 8.38. The van der Waals surface area contributed by atoms with Crippen molar-refractivity contribution >= 4 is 49.7 Å². The Bertz CT molecular complexity index is 2010. The number of phosphoric acid groups is 2. The first-order valence-electron chi connectivity index (χ1n) is 14.3. The molecule has 0 amide bonds. The largest absolute Gasteiger partial charge is 0.475 e. The molecule has 4 aromatic rings. The van der Waals surface area contributed by atoms with Gasteiger partial charge in [0.2, 0.25) is 5.95 Å². The second-order valence-electron chi connectivity index (χ2n) is 11.3. The van der Waals surface area contributed by atoms with Crippen LogP contribution in [0.3, 0.4) is 0 Å². The highest BCUT2D eigenvalue weighted by atomic mass is 31.2. The van der Waals surface area contributed by atoms with Crippen molar-refractivity contribution in [3.05, 3.63) is 29.3 Å². The van der Waals surface area contributed by atoms with Crippen molar-refractivity contribution in [3.63, 3.8) is 0 Å². The fraction of sp³-hybridized carbons (Fsp3) is 0.565. The molecule has 4 aromatic heterocycles. The number of hydrogen-bond donors (Lipinski definition) is 6. The second kappa shape index (κ2) is 12.2. The number of rotatable bonds is 4. The molecule has 25 heteroatoms. The third-order valence-corrected chi connectivity index (χ3v) is 10.3. The van der Waals surface area contributed by atoms with Gasteiger partial charge in [0.1, 0.15) is 48.5 Å². The lowest BCUT2D eigenvalue weighted by molar-refractivity contribution is -0.0699. The van der Waals surface area contributed by atoms with E-state index >= 15 is 0 Å². The highest BCUT2D eigenvalue weighted by molar-refractivity contribution is 7.48. The number of anilines is 2. The lowest BCUT2D eigenvalue weighted by Gasteiger charge is -2.30. The van der Waals surface area contributed by atoms with Crippen LogP contribution < -0.4 is 17.0 Å². The predicted octanol–water partition coefficient (Wildman–Crippen LogP) is -0.909. The Morgan fingerprint density at radius 3 is 2.19 bits per heavy atom. The molecule has 23 nitrogen and oxygen atoms in total. The van der Waals surface area contributed by atoms with Crippen molar-refractivity contribution in [1.82, 2.24) is 39.0 Å². The number of aromatic nitrogens is 8. The second-order valence-corrected chi connectivity index (χ2v) is 14.3. The Morgan fingerprint density at radius 2 is 1.52 bits per heavy atom. The summed E-state index contributed by atoms with van der Waals surface area (Å²) in [6.07, 6.45) is -9.23. The van der Waals surface area contributed by atoms with Gasteiger partial charge in [-0.1, -0.05) is 0 Å². The van der Waals surface area contributed by atoms with E-state index in [0.717, 1.165) is 6.33 Å². The zero-order valence-electron chi connectivity index (χ0n) is 24.9. The number of fused-ring (bicyclic) bond motifs is 4. The number of aromatic amines is 1. The topological polar surface area (TPSA) is 319 Å². The lowest BCUT2D eigenvalue weighted by Crippen LogP contribution is -2.39. The predicted molar refractivity (Wildman–Crippen MR) is 157 cm³/mol. The van der Waals surface area contributed by atoms with Crippen molar-refractivity contribution in [1.29, 1.82) is 0 Å². The Morgan fingerprint density at radius 1 is 0.917 bits per heavy atom. The van der Waals surface area contributed by atoms with Gasteiger partial charge in [0.25, 0.3) is 5.56 Å². The van der Waals surface area contributed by atoms with Crippen LogP contribution in [0.15, 0.2) is 23.8 Å². The number of hydrogen-bond acceptors (Lipinski definition) is 19. The molecule has 3 saturated heterocycles. The van der Waals surface area contributed by atoms with E-state index in [0.29, 0.717) is 0 Å². The molecule has 0 aromatic carbocycles. The summed E-state index contributed by atoms with van der Waals surface area (Å²) in [6, 6.07) is 0. The SMILES string of the molecule is CC(C)OP1(=O)OC[C@H]2O[C@@H](n3cnc4c(N)ncnc43)[C@H](O)[C@@H]2OP(=O)(O)OC[C@H]2O[C@@H](n3cnc4c(=O)[nH]c(N)nc43)[C@H](O)[C@@H]2O1. The van der Waals surface area contributed by atoms with E-state index < -0.39 is 89.6 Å². The first kappa shape index (κ1) is 33.1. The highest BCUT2D eigenvalue weighted by Gasteiger charge is 2.54. The number of nitrogens with one attached hydrogen (secondary N) is 1. The maximum absolute atomic E-state index is 14.1. The molecular formula is C23H30N10O13P2. The third kappa shape index (κ3) is 5.91. The smallest absolute Gasteiger partial charge is 0.386 e. The molecule has 7 rings (SSSR count). The first-order chi connectivity index (χ1) is 22.7. The van der Waals surface area contributed by atoms with Crippen molar-refractivity contribution in [3.8, 4) is 0 Å². The van der Waals surface area contributed by atoms with Crippen LogP contribution in [0.1, 0.15) is 26.3 Å². The fourth-order valence-corrected chi connectivity index (χ4v) is 8.16. The molecule has 3 aliphatic rings. The summed E-state index contributed by atoms with van der Waals surface area (Å²) in [5.41, 5.74) is 11.1. The van der Waals surface area contributed by atoms with Crippen molar-refractivity contribution in [2.45, 2.75) is 69.0 Å². The third-order valence-electron chi connectivity index (χ3n) is 7.65. The minimum Gasteiger partial charge on any atom is -0.386 e. The Balaban J connectivity index is 1.21. The lowest BCUT2D eigenvalue weighted by atomic mass is 10.1. The zero-order valence-corrected chi connectivity index (χ0v) is 26.7. The minimum absolute atomic E-state index is 0.0574. The van der Waals surface area contributed by atoms with E-state index in [-0.39, 0.29) is 34.1 Å². The molecular weight excluding hydrogens is 686 g/mol. The van der Waals surface area contributed by atoms with Crippen LogP contribution in [0, 0.1) is 0 Å².